The normalized spacial score (nSPS) is 12.6. The van der Waals surface area contributed by atoms with E-state index in [1.54, 1.807) is 18.9 Å². The third-order valence-corrected chi connectivity index (χ3v) is 2.22. The first-order valence-electron chi connectivity index (χ1n) is 5.50. The molecule has 0 saturated carbocycles. The lowest BCUT2D eigenvalue weighted by Gasteiger charge is -2.17. The molecule has 1 amide bonds. The first kappa shape index (κ1) is 14.5. The molecule has 4 nitrogen and oxygen atoms in total. The molecule has 1 atom stereocenters. The smallest absolute Gasteiger partial charge is 0.238 e. The Hall–Kier alpha value is -1.53. The van der Waals surface area contributed by atoms with Crippen LogP contribution in [0, 0.1) is 11.6 Å². The van der Waals surface area contributed by atoms with Gasteiger partial charge in [0.05, 0.1) is 12.6 Å². The highest BCUT2D eigenvalue weighted by molar-refractivity contribution is 5.92. The Kier molecular flexibility index (Phi) is 5.18. The van der Waals surface area contributed by atoms with Crippen molar-refractivity contribution in [1.29, 1.82) is 0 Å². The Morgan fingerprint density at radius 3 is 2.50 bits per heavy atom. The third kappa shape index (κ3) is 4.38. The molecule has 0 aliphatic carbocycles. The molecule has 0 radical (unpaired) electrons. The summed E-state index contributed by atoms with van der Waals surface area (Å²) in [5.41, 5.74) is -0.451. The van der Waals surface area contributed by atoms with E-state index in [0.717, 1.165) is 12.1 Å². The summed E-state index contributed by atoms with van der Waals surface area (Å²) in [7, 11) is 1.63. The van der Waals surface area contributed by atoms with Gasteiger partial charge in [0.2, 0.25) is 5.91 Å². The van der Waals surface area contributed by atoms with Crippen LogP contribution in [-0.4, -0.2) is 42.2 Å². The average Bonchev–Trinajstić information content (AvgIpc) is 2.22. The van der Waals surface area contributed by atoms with Crippen LogP contribution >= 0.6 is 0 Å². The van der Waals surface area contributed by atoms with E-state index in [-0.39, 0.29) is 6.54 Å². The number of hydrogen-bond donors (Lipinski definition) is 2. The molecule has 0 saturated heterocycles. The van der Waals surface area contributed by atoms with E-state index < -0.39 is 29.3 Å². The van der Waals surface area contributed by atoms with Gasteiger partial charge in [-0.25, -0.2) is 8.78 Å². The lowest BCUT2D eigenvalue weighted by Crippen LogP contribution is -2.35. The topological polar surface area (TPSA) is 52.6 Å². The zero-order chi connectivity index (χ0) is 13.7. The number of para-hydroxylation sites is 1. The molecular formula is C12H16F2N2O2. The minimum absolute atomic E-state index is 0.0569. The van der Waals surface area contributed by atoms with Crippen molar-refractivity contribution in [3.05, 3.63) is 29.8 Å². The molecular weight excluding hydrogens is 242 g/mol. The minimum atomic E-state index is -0.818. The monoisotopic (exact) mass is 258 g/mol. The number of benzene rings is 1. The summed E-state index contributed by atoms with van der Waals surface area (Å²) >= 11 is 0. The van der Waals surface area contributed by atoms with Crippen LogP contribution in [0.5, 0.6) is 0 Å². The Morgan fingerprint density at radius 1 is 1.44 bits per heavy atom. The van der Waals surface area contributed by atoms with E-state index in [1.807, 2.05) is 0 Å². The number of nitrogens with one attached hydrogen (secondary N) is 1. The Bertz CT molecular complexity index is 404. The van der Waals surface area contributed by atoms with Crippen LogP contribution in [0.15, 0.2) is 18.2 Å². The maximum Gasteiger partial charge on any atom is 0.238 e. The zero-order valence-corrected chi connectivity index (χ0v) is 10.3. The molecule has 0 aliphatic rings. The van der Waals surface area contributed by atoms with Crippen LogP contribution in [0.1, 0.15) is 6.92 Å². The second-order valence-electron chi connectivity index (χ2n) is 4.19. The Labute approximate surface area is 104 Å². The fraction of sp³-hybridized carbons (Fsp3) is 0.417. The SMILES string of the molecule is CC(O)CN(C)CC(=O)Nc1c(F)cccc1F. The van der Waals surface area contributed by atoms with Crippen molar-refractivity contribution in [1.82, 2.24) is 4.90 Å². The first-order valence-corrected chi connectivity index (χ1v) is 5.50. The molecule has 0 aliphatic heterocycles. The van der Waals surface area contributed by atoms with Crippen LogP contribution in [0.2, 0.25) is 0 Å². The largest absolute Gasteiger partial charge is 0.392 e. The van der Waals surface area contributed by atoms with Crippen LogP contribution in [0.4, 0.5) is 14.5 Å². The number of halogens is 2. The first-order chi connectivity index (χ1) is 8.40. The van der Waals surface area contributed by atoms with Crippen LogP contribution < -0.4 is 5.32 Å². The molecule has 1 rings (SSSR count). The summed E-state index contributed by atoms with van der Waals surface area (Å²) < 4.78 is 26.5. The molecule has 6 heteroatoms. The van der Waals surface area contributed by atoms with E-state index in [1.165, 1.54) is 6.07 Å². The molecule has 0 aromatic heterocycles. The summed E-state index contributed by atoms with van der Waals surface area (Å²) in [6.45, 7) is 1.83. The van der Waals surface area contributed by atoms with Crippen molar-refractivity contribution in [2.24, 2.45) is 0 Å². The lowest BCUT2D eigenvalue weighted by atomic mass is 10.3. The summed E-state index contributed by atoms with van der Waals surface area (Å²) in [6, 6.07) is 3.36. The predicted octanol–water partition coefficient (Wildman–Crippen LogP) is 1.22. The van der Waals surface area contributed by atoms with Gasteiger partial charge in [-0.2, -0.15) is 0 Å². The molecule has 0 heterocycles. The van der Waals surface area contributed by atoms with Crippen LogP contribution in [0.3, 0.4) is 0 Å². The number of rotatable bonds is 5. The molecule has 100 valence electrons. The van der Waals surface area contributed by atoms with Crippen molar-refractivity contribution in [2.45, 2.75) is 13.0 Å². The second kappa shape index (κ2) is 6.42. The number of carbonyl (C=O) groups excluding carboxylic acids is 1. The van der Waals surface area contributed by atoms with Crippen molar-refractivity contribution in [3.8, 4) is 0 Å². The number of amides is 1. The molecule has 0 bridgehead atoms. The van der Waals surface area contributed by atoms with Gasteiger partial charge in [0.1, 0.15) is 17.3 Å². The zero-order valence-electron chi connectivity index (χ0n) is 10.3. The molecule has 1 unspecified atom stereocenters. The quantitative estimate of drug-likeness (QED) is 0.835. The maximum atomic E-state index is 13.3. The second-order valence-corrected chi connectivity index (χ2v) is 4.19. The number of hydrogen-bond acceptors (Lipinski definition) is 3. The highest BCUT2D eigenvalue weighted by atomic mass is 19.1. The molecule has 0 fully saturated rings. The standard InChI is InChI=1S/C12H16F2N2O2/c1-8(17)6-16(2)7-11(18)15-12-9(13)4-3-5-10(12)14/h3-5,8,17H,6-7H2,1-2H3,(H,15,18). The van der Waals surface area contributed by atoms with Gasteiger partial charge in [0, 0.05) is 6.54 Å². The van der Waals surface area contributed by atoms with Gasteiger partial charge < -0.3 is 10.4 Å². The van der Waals surface area contributed by atoms with Gasteiger partial charge in [0.15, 0.2) is 0 Å². The van der Waals surface area contributed by atoms with Crippen LogP contribution in [0.25, 0.3) is 0 Å². The van der Waals surface area contributed by atoms with Crippen molar-refractivity contribution in [2.75, 3.05) is 25.5 Å². The number of carbonyl (C=O) groups is 1. The van der Waals surface area contributed by atoms with E-state index in [4.69, 9.17) is 5.11 Å². The van der Waals surface area contributed by atoms with Gasteiger partial charge in [-0.1, -0.05) is 6.07 Å². The van der Waals surface area contributed by atoms with Crippen molar-refractivity contribution < 1.29 is 18.7 Å². The average molecular weight is 258 g/mol. The van der Waals surface area contributed by atoms with E-state index in [2.05, 4.69) is 5.32 Å². The molecule has 1 aromatic rings. The summed E-state index contributed by atoms with van der Waals surface area (Å²) in [6.07, 6.45) is -0.576. The highest BCUT2D eigenvalue weighted by Crippen LogP contribution is 2.17. The fourth-order valence-electron chi connectivity index (χ4n) is 1.56. The van der Waals surface area contributed by atoms with Gasteiger partial charge in [-0.05, 0) is 26.1 Å². The molecule has 2 N–H and O–H groups in total. The van der Waals surface area contributed by atoms with Gasteiger partial charge >= 0.3 is 0 Å². The predicted molar refractivity (Wildman–Crippen MR) is 64.2 cm³/mol. The fourth-order valence-corrected chi connectivity index (χ4v) is 1.56. The van der Waals surface area contributed by atoms with Crippen molar-refractivity contribution >= 4 is 11.6 Å². The Balaban J connectivity index is 2.60. The summed E-state index contributed by atoms with van der Waals surface area (Å²) in [5.74, 6) is -2.18. The lowest BCUT2D eigenvalue weighted by molar-refractivity contribution is -0.117. The van der Waals surface area contributed by atoms with E-state index in [9.17, 15) is 13.6 Å². The van der Waals surface area contributed by atoms with E-state index in [0.29, 0.717) is 6.54 Å². The Morgan fingerprint density at radius 2 is 2.00 bits per heavy atom. The maximum absolute atomic E-state index is 13.3. The number of aliphatic hydroxyl groups excluding tert-OH is 1. The van der Waals surface area contributed by atoms with E-state index >= 15 is 0 Å². The highest BCUT2D eigenvalue weighted by Gasteiger charge is 2.13. The number of nitrogens with zero attached hydrogens (tertiary/aromatic N) is 1. The molecule has 18 heavy (non-hydrogen) atoms. The number of anilines is 1. The number of likely N-dealkylation sites (N-methyl/N-ethyl adjacent to an activating group) is 1. The summed E-state index contributed by atoms with van der Waals surface area (Å²) in [5, 5.41) is 11.3. The minimum Gasteiger partial charge on any atom is -0.392 e. The van der Waals surface area contributed by atoms with Crippen molar-refractivity contribution in [3.63, 3.8) is 0 Å². The molecule has 1 aromatic carbocycles. The third-order valence-electron chi connectivity index (χ3n) is 2.22. The summed E-state index contributed by atoms with van der Waals surface area (Å²) in [4.78, 5) is 13.1. The van der Waals surface area contributed by atoms with Gasteiger partial charge in [-0.3, -0.25) is 9.69 Å². The number of aliphatic hydroxyl groups is 1. The van der Waals surface area contributed by atoms with Gasteiger partial charge in [0.25, 0.3) is 0 Å². The van der Waals surface area contributed by atoms with Gasteiger partial charge in [-0.15, -0.1) is 0 Å². The van der Waals surface area contributed by atoms with Crippen LogP contribution in [-0.2, 0) is 4.79 Å². The molecule has 0 spiro atoms.